The third-order valence-electron chi connectivity index (χ3n) is 6.58. The third kappa shape index (κ3) is 4.06. The molecule has 0 spiro atoms. The van der Waals surface area contributed by atoms with Crippen LogP contribution < -0.4 is 9.64 Å². The van der Waals surface area contributed by atoms with Crippen molar-refractivity contribution >= 4 is 17.2 Å². The fourth-order valence-electron chi connectivity index (χ4n) is 4.83. The molecule has 7 nitrogen and oxygen atoms in total. The van der Waals surface area contributed by atoms with Gasteiger partial charge in [0.25, 0.3) is 5.91 Å². The number of rotatable bonds is 6. The van der Waals surface area contributed by atoms with E-state index in [-0.39, 0.29) is 24.5 Å². The van der Waals surface area contributed by atoms with Gasteiger partial charge in [-0.2, -0.15) is 13.2 Å². The smallest absolute Gasteiger partial charge is 0.406 e. The minimum atomic E-state index is -4.45. The summed E-state index contributed by atoms with van der Waals surface area (Å²) in [6, 6.07) is 7.54. The maximum absolute atomic E-state index is 12.9. The van der Waals surface area contributed by atoms with Crippen LogP contribution in [0.5, 0.6) is 5.75 Å². The fourth-order valence-corrected chi connectivity index (χ4v) is 4.83. The Morgan fingerprint density at radius 3 is 2.74 bits per heavy atom. The average Bonchev–Trinajstić information content (AvgIpc) is 3.19. The molecule has 1 aromatic carbocycles. The Balaban J connectivity index is 1.45. The topological polar surface area (TPSA) is 70.3 Å². The maximum Gasteiger partial charge on any atom is 0.406 e. The number of hydrogen-bond acceptors (Lipinski definition) is 5. The average molecular weight is 474 g/mol. The summed E-state index contributed by atoms with van der Waals surface area (Å²) in [5.74, 6) is 0.0968. The van der Waals surface area contributed by atoms with Crippen molar-refractivity contribution < 1.29 is 27.8 Å². The quantitative estimate of drug-likeness (QED) is 0.593. The zero-order valence-electron chi connectivity index (χ0n) is 18.7. The highest BCUT2D eigenvalue weighted by molar-refractivity contribution is 6.00. The van der Waals surface area contributed by atoms with Gasteiger partial charge in [0, 0.05) is 49.8 Å². The lowest BCUT2D eigenvalue weighted by atomic mass is 9.94. The largest absolute Gasteiger partial charge is 0.496 e. The Labute approximate surface area is 194 Å². The molecule has 0 radical (unpaired) electrons. The molecule has 34 heavy (non-hydrogen) atoms. The summed E-state index contributed by atoms with van der Waals surface area (Å²) in [6.45, 7) is 0.750. The molecule has 0 atom stereocenters. The molecule has 2 aromatic heterocycles. The molecule has 5 rings (SSSR count). The Morgan fingerprint density at radius 2 is 2.03 bits per heavy atom. The predicted octanol–water partition coefficient (Wildman–Crippen LogP) is 3.39. The Morgan fingerprint density at radius 1 is 1.24 bits per heavy atom. The van der Waals surface area contributed by atoms with Crippen LogP contribution in [0.25, 0.3) is 16.9 Å². The number of halogens is 3. The molecule has 3 aromatic rings. The zero-order chi connectivity index (χ0) is 24.0. The summed E-state index contributed by atoms with van der Waals surface area (Å²) in [5, 5.41) is 9.09. The van der Waals surface area contributed by atoms with Gasteiger partial charge >= 0.3 is 6.18 Å². The van der Waals surface area contributed by atoms with Crippen molar-refractivity contribution in [3.8, 4) is 17.0 Å². The van der Waals surface area contributed by atoms with Crippen LogP contribution in [0.1, 0.15) is 22.3 Å². The van der Waals surface area contributed by atoms with Crippen LogP contribution in [-0.2, 0) is 6.42 Å². The number of aromatic nitrogens is 2. The minimum absolute atomic E-state index is 0.00156. The van der Waals surface area contributed by atoms with Gasteiger partial charge in [-0.15, -0.1) is 0 Å². The molecular weight excluding hydrogens is 449 g/mol. The number of hydrogen-bond donors (Lipinski definition) is 1. The number of carbonyl (C=O) groups excluding carboxylic acids is 1. The highest BCUT2D eigenvalue weighted by Gasteiger charge is 2.37. The molecule has 1 fully saturated rings. The van der Waals surface area contributed by atoms with Gasteiger partial charge in [0.2, 0.25) is 0 Å². The van der Waals surface area contributed by atoms with Crippen molar-refractivity contribution in [2.75, 3.05) is 44.8 Å². The van der Waals surface area contributed by atoms with Gasteiger partial charge in [-0.3, -0.25) is 9.20 Å². The molecule has 1 saturated heterocycles. The van der Waals surface area contributed by atoms with Gasteiger partial charge < -0.3 is 19.6 Å². The summed E-state index contributed by atoms with van der Waals surface area (Å²) in [7, 11) is 1.41. The first-order chi connectivity index (χ1) is 16.3. The third-order valence-corrected chi connectivity index (χ3v) is 6.58. The van der Waals surface area contributed by atoms with Gasteiger partial charge in [0.05, 0.1) is 24.6 Å². The molecule has 4 heterocycles. The fraction of sp³-hybridized carbons (Fsp3) is 0.417. The minimum Gasteiger partial charge on any atom is -0.496 e. The molecule has 2 aliphatic rings. The number of aliphatic hydroxyl groups is 1. The van der Waals surface area contributed by atoms with E-state index in [1.165, 1.54) is 7.11 Å². The van der Waals surface area contributed by atoms with Crippen LogP contribution >= 0.6 is 0 Å². The number of nitrogens with zero attached hydrogens (tertiary/aromatic N) is 4. The molecule has 0 bridgehead atoms. The molecule has 2 aliphatic heterocycles. The van der Waals surface area contributed by atoms with Crippen molar-refractivity contribution in [2.24, 2.45) is 5.92 Å². The van der Waals surface area contributed by atoms with E-state index in [9.17, 15) is 18.0 Å². The molecule has 10 heteroatoms. The van der Waals surface area contributed by atoms with E-state index < -0.39 is 18.6 Å². The summed E-state index contributed by atoms with van der Waals surface area (Å²) in [5.41, 5.74) is 4.27. The normalized spacial score (nSPS) is 16.7. The van der Waals surface area contributed by atoms with Crippen LogP contribution in [0.3, 0.4) is 0 Å². The molecule has 0 saturated carbocycles. The molecule has 1 N–H and O–H groups in total. The first-order valence-electron chi connectivity index (χ1n) is 11.2. The number of pyridine rings is 1. The summed E-state index contributed by atoms with van der Waals surface area (Å²) in [6.07, 6.45) is 0.348. The van der Waals surface area contributed by atoms with Crippen molar-refractivity contribution in [3.63, 3.8) is 0 Å². The lowest BCUT2D eigenvalue weighted by Gasteiger charge is -2.41. The van der Waals surface area contributed by atoms with Crippen LogP contribution in [0, 0.1) is 5.92 Å². The van der Waals surface area contributed by atoms with E-state index in [0.29, 0.717) is 17.9 Å². The van der Waals surface area contributed by atoms with E-state index in [2.05, 4.69) is 9.88 Å². The van der Waals surface area contributed by atoms with Crippen LogP contribution in [-0.4, -0.2) is 71.4 Å². The Hall–Kier alpha value is -3.27. The second-order valence-corrected chi connectivity index (χ2v) is 8.84. The van der Waals surface area contributed by atoms with Crippen molar-refractivity contribution in [1.82, 2.24) is 14.3 Å². The van der Waals surface area contributed by atoms with E-state index in [4.69, 9.17) is 9.84 Å². The lowest BCUT2D eigenvalue weighted by Crippen LogP contribution is -2.47. The zero-order valence-corrected chi connectivity index (χ0v) is 18.7. The van der Waals surface area contributed by atoms with Crippen molar-refractivity contribution in [3.05, 3.63) is 47.8 Å². The first-order valence-corrected chi connectivity index (χ1v) is 11.2. The number of aliphatic hydroxyl groups excluding tert-OH is 1. The summed E-state index contributed by atoms with van der Waals surface area (Å²) in [4.78, 5) is 20.4. The number of benzene rings is 1. The number of carbonyl (C=O) groups is 1. The van der Waals surface area contributed by atoms with E-state index >= 15 is 0 Å². The number of alkyl halides is 3. The van der Waals surface area contributed by atoms with Gasteiger partial charge in [0.1, 0.15) is 17.9 Å². The molecule has 0 unspecified atom stereocenters. The number of anilines is 1. The Kier molecular flexibility index (Phi) is 5.63. The highest BCUT2D eigenvalue weighted by atomic mass is 19.4. The molecule has 1 amide bonds. The first kappa shape index (κ1) is 22.5. The van der Waals surface area contributed by atoms with Crippen molar-refractivity contribution in [2.45, 2.75) is 19.0 Å². The number of ether oxygens (including phenoxy) is 1. The lowest BCUT2D eigenvalue weighted by molar-refractivity contribution is -0.141. The van der Waals surface area contributed by atoms with E-state index in [1.54, 1.807) is 12.3 Å². The molecule has 180 valence electrons. The van der Waals surface area contributed by atoms with Crippen LogP contribution in [0.2, 0.25) is 0 Å². The van der Waals surface area contributed by atoms with Gasteiger partial charge in [-0.25, -0.2) is 4.98 Å². The highest BCUT2D eigenvalue weighted by Crippen LogP contribution is 2.36. The van der Waals surface area contributed by atoms with Crippen LogP contribution in [0.4, 0.5) is 18.9 Å². The van der Waals surface area contributed by atoms with Gasteiger partial charge in [-0.1, -0.05) is 0 Å². The van der Waals surface area contributed by atoms with Gasteiger partial charge in [0.15, 0.2) is 0 Å². The second kappa shape index (κ2) is 8.50. The van der Waals surface area contributed by atoms with E-state index in [0.717, 1.165) is 47.0 Å². The standard InChI is InChI=1S/C24H25F3N4O3/c1-34-20-9-17(8-16-2-5-29(14-24(25,26)27)23(33)22(16)20)19-11-28-21-10-18(3-6-31(19)21)30-12-15(13-30)4-7-32/h3,6,8-11,15,32H,2,4-5,7,12-14H2,1H3. The maximum atomic E-state index is 12.9. The SMILES string of the molecule is COc1cc(-c2cnc3cc(N4CC(CCO)C4)ccn23)cc2c1C(=O)N(CC(F)(F)F)CC2. The molecular formula is C24H25F3N4O3. The monoisotopic (exact) mass is 474 g/mol. The van der Waals surface area contributed by atoms with Crippen LogP contribution in [0.15, 0.2) is 36.7 Å². The number of fused-ring (bicyclic) bond motifs is 2. The van der Waals surface area contributed by atoms with Crippen molar-refractivity contribution in [1.29, 1.82) is 0 Å². The second-order valence-electron chi connectivity index (χ2n) is 8.84. The predicted molar refractivity (Wildman–Crippen MR) is 120 cm³/mol. The number of imidazole rings is 1. The van der Waals surface area contributed by atoms with E-state index in [1.807, 2.05) is 28.8 Å². The number of amides is 1. The Bertz CT molecular complexity index is 1220. The van der Waals surface area contributed by atoms with Gasteiger partial charge in [-0.05, 0) is 42.5 Å². The number of methoxy groups -OCH3 is 1. The summed E-state index contributed by atoms with van der Waals surface area (Å²) < 4.78 is 46.0. The summed E-state index contributed by atoms with van der Waals surface area (Å²) >= 11 is 0. The molecule has 0 aliphatic carbocycles.